The van der Waals surface area contributed by atoms with Crippen molar-refractivity contribution in [2.75, 3.05) is 0 Å². The largest absolute Gasteiger partial charge is 0.508 e. The third-order valence-corrected chi connectivity index (χ3v) is 3.56. The van der Waals surface area contributed by atoms with Crippen LogP contribution < -0.4 is 0 Å². The molecule has 0 unspecified atom stereocenters. The van der Waals surface area contributed by atoms with Crippen molar-refractivity contribution in [3.8, 4) is 28.6 Å². The van der Waals surface area contributed by atoms with E-state index >= 15 is 0 Å². The molecule has 1 aromatic heterocycles. The number of halogens is 1. The summed E-state index contributed by atoms with van der Waals surface area (Å²) in [6.45, 7) is 2.02. The number of hydrogen-bond donors (Lipinski definition) is 1. The Morgan fingerprint density at radius 1 is 1.10 bits per heavy atom. The molecule has 1 N–H and O–H groups in total. The SMILES string of the molecule is Cc1ccc(-c2nc(-c3ccc(O)cc3)no2)c(Br)c1. The minimum Gasteiger partial charge on any atom is -0.508 e. The minimum atomic E-state index is 0.207. The van der Waals surface area contributed by atoms with Crippen molar-refractivity contribution in [1.29, 1.82) is 0 Å². The Balaban J connectivity index is 1.99. The maximum Gasteiger partial charge on any atom is 0.259 e. The second-order valence-corrected chi connectivity index (χ2v) is 5.31. The number of phenols is 1. The van der Waals surface area contributed by atoms with Crippen molar-refractivity contribution in [2.24, 2.45) is 0 Å². The lowest BCUT2D eigenvalue weighted by Gasteiger charge is -1.99. The summed E-state index contributed by atoms with van der Waals surface area (Å²) in [5.74, 6) is 1.16. The predicted molar refractivity (Wildman–Crippen MR) is 79.3 cm³/mol. The standard InChI is InChI=1S/C15H11BrN2O2/c1-9-2-7-12(13(16)8-9)15-17-14(18-20-15)10-3-5-11(19)6-4-10/h2-8,19H,1H3. The third kappa shape index (κ3) is 2.44. The van der Waals surface area contributed by atoms with Gasteiger partial charge in [-0.1, -0.05) is 11.2 Å². The van der Waals surface area contributed by atoms with Crippen molar-refractivity contribution in [3.05, 3.63) is 52.5 Å². The monoisotopic (exact) mass is 330 g/mol. The van der Waals surface area contributed by atoms with E-state index in [4.69, 9.17) is 4.52 Å². The van der Waals surface area contributed by atoms with E-state index in [2.05, 4.69) is 26.1 Å². The summed E-state index contributed by atoms with van der Waals surface area (Å²) in [5.41, 5.74) is 2.80. The molecule has 3 rings (SSSR count). The number of aromatic nitrogens is 2. The van der Waals surface area contributed by atoms with Crippen molar-refractivity contribution in [3.63, 3.8) is 0 Å². The topological polar surface area (TPSA) is 59.2 Å². The summed E-state index contributed by atoms with van der Waals surface area (Å²) in [4.78, 5) is 4.38. The highest BCUT2D eigenvalue weighted by Crippen LogP contribution is 2.29. The lowest BCUT2D eigenvalue weighted by atomic mass is 10.1. The molecule has 1 heterocycles. The second kappa shape index (κ2) is 5.09. The van der Waals surface area contributed by atoms with Gasteiger partial charge in [-0.2, -0.15) is 4.98 Å². The normalized spacial score (nSPS) is 10.7. The average Bonchev–Trinajstić information content (AvgIpc) is 2.89. The fourth-order valence-corrected chi connectivity index (χ4v) is 2.52. The number of benzene rings is 2. The number of aromatic hydroxyl groups is 1. The fraction of sp³-hybridized carbons (Fsp3) is 0.0667. The molecule has 100 valence electrons. The minimum absolute atomic E-state index is 0.207. The fourth-order valence-electron chi connectivity index (χ4n) is 1.85. The zero-order valence-corrected chi connectivity index (χ0v) is 12.3. The van der Waals surface area contributed by atoms with Crippen LogP contribution in [0.1, 0.15) is 5.56 Å². The van der Waals surface area contributed by atoms with Gasteiger partial charge in [0, 0.05) is 10.0 Å². The molecule has 5 heteroatoms. The van der Waals surface area contributed by atoms with E-state index in [9.17, 15) is 5.11 Å². The molecule has 4 nitrogen and oxygen atoms in total. The highest BCUT2D eigenvalue weighted by atomic mass is 79.9. The maximum atomic E-state index is 9.28. The van der Waals surface area contributed by atoms with Gasteiger partial charge < -0.3 is 9.63 Å². The van der Waals surface area contributed by atoms with Gasteiger partial charge >= 0.3 is 0 Å². The quantitative estimate of drug-likeness (QED) is 0.765. The molecule has 20 heavy (non-hydrogen) atoms. The Morgan fingerprint density at radius 3 is 2.55 bits per heavy atom. The van der Waals surface area contributed by atoms with Crippen LogP contribution in [0.25, 0.3) is 22.8 Å². The first-order valence-corrected chi connectivity index (χ1v) is 6.82. The van der Waals surface area contributed by atoms with Gasteiger partial charge in [-0.25, -0.2) is 0 Å². The van der Waals surface area contributed by atoms with Gasteiger partial charge in [0.15, 0.2) is 0 Å². The predicted octanol–water partition coefficient (Wildman–Crippen LogP) is 4.18. The van der Waals surface area contributed by atoms with Gasteiger partial charge in [-0.3, -0.25) is 0 Å². The van der Waals surface area contributed by atoms with Gasteiger partial charge in [0.05, 0.1) is 5.56 Å². The highest BCUT2D eigenvalue weighted by Gasteiger charge is 2.13. The van der Waals surface area contributed by atoms with Crippen LogP contribution in [0.3, 0.4) is 0 Å². The summed E-state index contributed by atoms with van der Waals surface area (Å²) in [6, 6.07) is 12.6. The molecule has 0 radical (unpaired) electrons. The van der Waals surface area contributed by atoms with E-state index in [1.807, 2.05) is 25.1 Å². The molecule has 0 atom stereocenters. The van der Waals surface area contributed by atoms with Crippen molar-refractivity contribution in [1.82, 2.24) is 10.1 Å². The maximum absolute atomic E-state index is 9.28. The van der Waals surface area contributed by atoms with Crippen molar-refractivity contribution >= 4 is 15.9 Å². The highest BCUT2D eigenvalue weighted by molar-refractivity contribution is 9.10. The van der Waals surface area contributed by atoms with E-state index in [-0.39, 0.29) is 5.75 Å². The molecule has 0 bridgehead atoms. The van der Waals surface area contributed by atoms with Crippen LogP contribution in [0, 0.1) is 6.92 Å². The Hall–Kier alpha value is -2.14. The molecule has 0 aliphatic rings. The van der Waals surface area contributed by atoms with Gasteiger partial charge in [-0.05, 0) is 64.8 Å². The molecular weight excluding hydrogens is 320 g/mol. The number of nitrogens with zero attached hydrogens (tertiary/aromatic N) is 2. The molecule has 3 aromatic rings. The van der Waals surface area contributed by atoms with Crippen LogP contribution in [0.5, 0.6) is 5.75 Å². The Bertz CT molecular complexity index is 751. The summed E-state index contributed by atoms with van der Waals surface area (Å²) in [6.07, 6.45) is 0. The van der Waals surface area contributed by atoms with Gasteiger partial charge in [0.1, 0.15) is 5.75 Å². The first-order chi connectivity index (χ1) is 9.63. The molecule has 0 saturated heterocycles. The van der Waals surface area contributed by atoms with E-state index in [1.165, 1.54) is 0 Å². The molecule has 0 spiro atoms. The zero-order valence-electron chi connectivity index (χ0n) is 10.7. The number of aryl methyl sites for hydroxylation is 1. The zero-order chi connectivity index (χ0) is 14.1. The van der Waals surface area contributed by atoms with Crippen molar-refractivity contribution in [2.45, 2.75) is 6.92 Å². The van der Waals surface area contributed by atoms with Crippen LogP contribution in [-0.2, 0) is 0 Å². The van der Waals surface area contributed by atoms with Crippen molar-refractivity contribution < 1.29 is 9.63 Å². The molecule has 0 fully saturated rings. The smallest absolute Gasteiger partial charge is 0.259 e. The van der Waals surface area contributed by atoms with E-state index in [0.717, 1.165) is 21.2 Å². The lowest BCUT2D eigenvalue weighted by molar-refractivity contribution is 0.432. The van der Waals surface area contributed by atoms with Gasteiger partial charge in [0.2, 0.25) is 5.82 Å². The van der Waals surface area contributed by atoms with Gasteiger partial charge in [-0.15, -0.1) is 0 Å². The number of phenolic OH excluding ortho intramolecular Hbond substituents is 1. The molecule has 0 saturated carbocycles. The Labute approximate surface area is 124 Å². The van der Waals surface area contributed by atoms with E-state index in [0.29, 0.717) is 11.7 Å². The summed E-state index contributed by atoms with van der Waals surface area (Å²) in [5, 5.41) is 13.2. The lowest BCUT2D eigenvalue weighted by Crippen LogP contribution is -1.83. The van der Waals surface area contributed by atoms with Crippen LogP contribution in [-0.4, -0.2) is 15.2 Å². The first kappa shape index (κ1) is 12.9. The molecule has 0 amide bonds. The molecule has 0 aliphatic heterocycles. The van der Waals surface area contributed by atoms with E-state index < -0.39 is 0 Å². The first-order valence-electron chi connectivity index (χ1n) is 6.03. The summed E-state index contributed by atoms with van der Waals surface area (Å²) in [7, 11) is 0. The molecule has 0 aliphatic carbocycles. The molecular formula is C15H11BrN2O2. The number of hydrogen-bond acceptors (Lipinski definition) is 4. The number of rotatable bonds is 2. The third-order valence-electron chi connectivity index (χ3n) is 2.91. The Morgan fingerprint density at radius 2 is 1.85 bits per heavy atom. The second-order valence-electron chi connectivity index (χ2n) is 4.45. The average molecular weight is 331 g/mol. The molecule has 2 aromatic carbocycles. The van der Waals surface area contributed by atoms with Crippen LogP contribution in [0.4, 0.5) is 0 Å². The van der Waals surface area contributed by atoms with Crippen LogP contribution in [0.2, 0.25) is 0 Å². The van der Waals surface area contributed by atoms with Crippen LogP contribution >= 0.6 is 15.9 Å². The Kier molecular flexibility index (Phi) is 3.28. The van der Waals surface area contributed by atoms with E-state index in [1.54, 1.807) is 24.3 Å². The summed E-state index contributed by atoms with van der Waals surface area (Å²) >= 11 is 3.50. The summed E-state index contributed by atoms with van der Waals surface area (Å²) < 4.78 is 6.22. The van der Waals surface area contributed by atoms with Crippen LogP contribution in [0.15, 0.2) is 51.5 Å². The van der Waals surface area contributed by atoms with Gasteiger partial charge in [0.25, 0.3) is 5.89 Å².